The molecule has 16 heavy (non-hydrogen) atoms. The summed E-state index contributed by atoms with van der Waals surface area (Å²) in [5, 5.41) is 15.7. The molecule has 2 rings (SSSR count). The van der Waals surface area contributed by atoms with E-state index in [1.54, 1.807) is 18.2 Å². The molecular weight excluding hydrogens is 204 g/mol. The van der Waals surface area contributed by atoms with Crippen LogP contribution in [0.2, 0.25) is 0 Å². The van der Waals surface area contributed by atoms with E-state index in [0.717, 1.165) is 25.1 Å². The molecule has 3 N–H and O–H groups in total. The van der Waals surface area contributed by atoms with Crippen LogP contribution in [-0.4, -0.2) is 30.1 Å². The number of benzene rings is 1. The summed E-state index contributed by atoms with van der Waals surface area (Å²) < 4.78 is 0. The summed E-state index contributed by atoms with van der Waals surface area (Å²) >= 11 is 0. The van der Waals surface area contributed by atoms with Crippen molar-refractivity contribution in [3.63, 3.8) is 0 Å². The number of aromatic hydroxyl groups is 1. The smallest absolute Gasteiger partial charge is 0.255 e. The highest BCUT2D eigenvalue weighted by Crippen LogP contribution is 2.18. The third kappa shape index (κ3) is 2.33. The van der Waals surface area contributed by atoms with Gasteiger partial charge in [0.25, 0.3) is 5.91 Å². The second-order valence-electron chi connectivity index (χ2n) is 4.18. The molecule has 1 fully saturated rings. The zero-order chi connectivity index (χ0) is 11.5. The van der Waals surface area contributed by atoms with Crippen molar-refractivity contribution in [3.8, 4) is 5.75 Å². The molecule has 4 nitrogen and oxygen atoms in total. The number of aryl methyl sites for hydroxylation is 1. The molecule has 1 heterocycles. The van der Waals surface area contributed by atoms with Crippen molar-refractivity contribution in [3.05, 3.63) is 29.3 Å². The first-order chi connectivity index (χ1) is 7.66. The molecule has 0 bridgehead atoms. The average Bonchev–Trinajstić information content (AvgIpc) is 2.74. The van der Waals surface area contributed by atoms with Gasteiger partial charge in [0.05, 0.1) is 5.56 Å². The lowest BCUT2D eigenvalue weighted by Gasteiger charge is -2.12. The predicted molar refractivity (Wildman–Crippen MR) is 61.6 cm³/mol. The maximum atomic E-state index is 11.9. The summed E-state index contributed by atoms with van der Waals surface area (Å²) in [5.41, 5.74) is 1.32. The normalized spacial score (nSPS) is 19.7. The van der Waals surface area contributed by atoms with E-state index in [9.17, 15) is 9.90 Å². The number of phenolic OH excluding ortho intramolecular Hbond substituents is 1. The summed E-state index contributed by atoms with van der Waals surface area (Å²) in [6.45, 7) is 3.64. The molecule has 1 aromatic rings. The first-order valence-corrected chi connectivity index (χ1v) is 5.48. The number of amides is 1. The molecule has 1 aliphatic heterocycles. The Morgan fingerprint density at radius 2 is 2.38 bits per heavy atom. The Balaban J connectivity index is 2.10. The molecule has 1 aliphatic rings. The van der Waals surface area contributed by atoms with Gasteiger partial charge in [-0.25, -0.2) is 0 Å². The van der Waals surface area contributed by atoms with Gasteiger partial charge in [0.2, 0.25) is 0 Å². The molecule has 1 unspecified atom stereocenters. The van der Waals surface area contributed by atoms with Crippen LogP contribution in [0.4, 0.5) is 0 Å². The van der Waals surface area contributed by atoms with Crippen LogP contribution >= 0.6 is 0 Å². The lowest BCUT2D eigenvalue weighted by atomic mass is 10.1. The topological polar surface area (TPSA) is 61.4 Å². The van der Waals surface area contributed by atoms with Crippen molar-refractivity contribution in [2.45, 2.75) is 19.4 Å². The van der Waals surface area contributed by atoms with Crippen molar-refractivity contribution in [2.75, 3.05) is 13.1 Å². The third-order valence-electron chi connectivity index (χ3n) is 2.79. The molecule has 4 heteroatoms. The fraction of sp³-hybridized carbons (Fsp3) is 0.417. The Bertz CT molecular complexity index is 398. The van der Waals surface area contributed by atoms with Gasteiger partial charge >= 0.3 is 0 Å². The predicted octanol–water partition coefficient (Wildman–Crippen LogP) is 0.792. The minimum atomic E-state index is -0.199. The van der Waals surface area contributed by atoms with Gasteiger partial charge in [0, 0.05) is 12.6 Å². The Labute approximate surface area is 94.7 Å². The molecule has 1 saturated heterocycles. The summed E-state index contributed by atoms with van der Waals surface area (Å²) in [6.07, 6.45) is 0.943. The minimum absolute atomic E-state index is 0.0362. The van der Waals surface area contributed by atoms with E-state index in [-0.39, 0.29) is 17.7 Å². The van der Waals surface area contributed by atoms with E-state index in [1.165, 1.54) is 0 Å². The standard InChI is InChI=1S/C12H16N2O2/c1-8-2-3-11(15)10(6-8)12(16)14-9-4-5-13-7-9/h2-3,6,9,13,15H,4-5,7H2,1H3,(H,14,16). The molecule has 0 spiro atoms. The van der Waals surface area contributed by atoms with Crippen LogP contribution in [-0.2, 0) is 0 Å². The van der Waals surface area contributed by atoms with Crippen molar-refractivity contribution in [2.24, 2.45) is 0 Å². The highest BCUT2D eigenvalue weighted by Gasteiger charge is 2.19. The second kappa shape index (κ2) is 4.53. The number of carbonyl (C=O) groups excluding carboxylic acids is 1. The zero-order valence-corrected chi connectivity index (χ0v) is 9.29. The number of nitrogens with one attached hydrogen (secondary N) is 2. The number of hydrogen-bond donors (Lipinski definition) is 3. The van der Waals surface area contributed by atoms with Crippen LogP contribution in [0.15, 0.2) is 18.2 Å². The van der Waals surface area contributed by atoms with Crippen LogP contribution in [0, 0.1) is 6.92 Å². The second-order valence-corrected chi connectivity index (χ2v) is 4.18. The SMILES string of the molecule is Cc1ccc(O)c(C(=O)NC2CCNC2)c1. The van der Waals surface area contributed by atoms with Gasteiger partial charge in [0.1, 0.15) is 5.75 Å². The highest BCUT2D eigenvalue weighted by atomic mass is 16.3. The number of carbonyl (C=O) groups is 1. The Morgan fingerprint density at radius 3 is 3.06 bits per heavy atom. The van der Waals surface area contributed by atoms with Gasteiger partial charge in [-0.15, -0.1) is 0 Å². The van der Waals surface area contributed by atoms with E-state index >= 15 is 0 Å². The third-order valence-corrected chi connectivity index (χ3v) is 2.79. The van der Waals surface area contributed by atoms with E-state index < -0.39 is 0 Å². The van der Waals surface area contributed by atoms with Gasteiger partial charge in [-0.1, -0.05) is 11.6 Å². The van der Waals surface area contributed by atoms with Crippen molar-refractivity contribution < 1.29 is 9.90 Å². The van der Waals surface area contributed by atoms with E-state index in [0.29, 0.717) is 5.56 Å². The first kappa shape index (κ1) is 11.0. The molecule has 86 valence electrons. The van der Waals surface area contributed by atoms with Crippen molar-refractivity contribution in [1.82, 2.24) is 10.6 Å². The van der Waals surface area contributed by atoms with Gasteiger partial charge < -0.3 is 15.7 Å². The lowest BCUT2D eigenvalue weighted by Crippen LogP contribution is -2.36. The van der Waals surface area contributed by atoms with E-state index in [4.69, 9.17) is 0 Å². The van der Waals surface area contributed by atoms with Gasteiger partial charge in [0.15, 0.2) is 0 Å². The van der Waals surface area contributed by atoms with Crippen molar-refractivity contribution >= 4 is 5.91 Å². The molecule has 0 aromatic heterocycles. The lowest BCUT2D eigenvalue weighted by molar-refractivity contribution is 0.0937. The fourth-order valence-corrected chi connectivity index (χ4v) is 1.87. The van der Waals surface area contributed by atoms with Crippen LogP contribution in [0.1, 0.15) is 22.3 Å². The number of rotatable bonds is 2. The van der Waals surface area contributed by atoms with Crippen LogP contribution in [0.5, 0.6) is 5.75 Å². The minimum Gasteiger partial charge on any atom is -0.507 e. The van der Waals surface area contributed by atoms with Gasteiger partial charge in [-0.2, -0.15) is 0 Å². The quantitative estimate of drug-likeness (QED) is 0.690. The number of hydrogen-bond acceptors (Lipinski definition) is 3. The van der Waals surface area contributed by atoms with Crippen molar-refractivity contribution in [1.29, 1.82) is 0 Å². The van der Waals surface area contributed by atoms with E-state index in [2.05, 4.69) is 10.6 Å². The Kier molecular flexibility index (Phi) is 3.10. The van der Waals surface area contributed by atoms with Crippen LogP contribution in [0.3, 0.4) is 0 Å². The van der Waals surface area contributed by atoms with Gasteiger partial charge in [-0.05, 0) is 32.0 Å². The Hall–Kier alpha value is -1.55. The summed E-state index contributed by atoms with van der Waals surface area (Å²) in [5.74, 6) is -0.163. The maximum Gasteiger partial charge on any atom is 0.255 e. The molecule has 0 aliphatic carbocycles. The summed E-state index contributed by atoms with van der Waals surface area (Å²) in [6, 6.07) is 5.21. The summed E-state index contributed by atoms with van der Waals surface area (Å²) in [7, 11) is 0. The largest absolute Gasteiger partial charge is 0.507 e. The van der Waals surface area contributed by atoms with Gasteiger partial charge in [-0.3, -0.25) is 4.79 Å². The highest BCUT2D eigenvalue weighted by molar-refractivity contribution is 5.97. The molecular formula is C12H16N2O2. The molecule has 1 atom stereocenters. The zero-order valence-electron chi connectivity index (χ0n) is 9.29. The molecule has 0 radical (unpaired) electrons. The van der Waals surface area contributed by atoms with E-state index in [1.807, 2.05) is 6.92 Å². The molecule has 1 amide bonds. The average molecular weight is 220 g/mol. The van der Waals surface area contributed by atoms with Crippen LogP contribution in [0.25, 0.3) is 0 Å². The first-order valence-electron chi connectivity index (χ1n) is 5.48. The summed E-state index contributed by atoms with van der Waals surface area (Å²) in [4.78, 5) is 11.9. The monoisotopic (exact) mass is 220 g/mol. The number of phenols is 1. The molecule has 1 aromatic carbocycles. The fourth-order valence-electron chi connectivity index (χ4n) is 1.87. The Morgan fingerprint density at radius 1 is 1.56 bits per heavy atom. The van der Waals surface area contributed by atoms with Crippen LogP contribution < -0.4 is 10.6 Å². The molecule has 0 saturated carbocycles. The maximum absolute atomic E-state index is 11.9.